The molecule has 0 saturated carbocycles. The first kappa shape index (κ1) is 27.0. The van der Waals surface area contributed by atoms with Gasteiger partial charge in [0.2, 0.25) is 0 Å². The number of thiazole rings is 1. The van der Waals surface area contributed by atoms with Crippen molar-refractivity contribution in [3.05, 3.63) is 101 Å². The number of aromatic amines is 1. The minimum atomic E-state index is -0.676. The molecule has 12 heteroatoms. The maximum absolute atomic E-state index is 13.7. The van der Waals surface area contributed by atoms with Gasteiger partial charge >= 0.3 is 5.97 Å². The van der Waals surface area contributed by atoms with Crippen molar-refractivity contribution >= 4 is 46.9 Å². The first-order valence-electron chi connectivity index (χ1n) is 12.0. The van der Waals surface area contributed by atoms with Crippen molar-refractivity contribution in [2.75, 3.05) is 12.9 Å². The lowest BCUT2D eigenvalue weighted by molar-refractivity contribution is -0.139. The molecule has 5 rings (SSSR count). The van der Waals surface area contributed by atoms with Crippen LogP contribution in [0.3, 0.4) is 0 Å². The summed E-state index contributed by atoms with van der Waals surface area (Å²) in [5.74, 6) is -0.0394. The molecule has 0 fully saturated rings. The molecule has 0 bridgehead atoms. The zero-order valence-corrected chi connectivity index (χ0v) is 24.0. The number of aryl methyl sites for hydroxylation is 1. The number of aromatic nitrogens is 3. The number of nitrogens with zero attached hydrogens (tertiary/aromatic N) is 3. The van der Waals surface area contributed by atoms with Crippen LogP contribution >= 0.6 is 34.9 Å². The smallest absolute Gasteiger partial charge is 0.338 e. The van der Waals surface area contributed by atoms with Gasteiger partial charge in [-0.1, -0.05) is 23.5 Å². The molecule has 3 aromatic heterocycles. The average molecular weight is 581 g/mol. The topological polar surface area (TPSA) is 120 Å². The van der Waals surface area contributed by atoms with Crippen LogP contribution in [-0.2, 0) is 9.53 Å². The highest BCUT2D eigenvalue weighted by atomic mass is 32.2. The van der Waals surface area contributed by atoms with Crippen LogP contribution in [0.4, 0.5) is 0 Å². The fourth-order valence-electron chi connectivity index (χ4n) is 4.18. The highest BCUT2D eigenvalue weighted by Gasteiger charge is 2.33. The number of allylic oxidation sites excluding steroid dienone is 1. The van der Waals surface area contributed by atoms with Crippen LogP contribution in [0.2, 0.25) is 0 Å². The fourth-order valence-corrected chi connectivity index (χ4v) is 6.43. The number of furan rings is 1. The molecule has 0 spiro atoms. The Kier molecular flexibility index (Phi) is 7.78. The van der Waals surface area contributed by atoms with Crippen LogP contribution in [0.5, 0.6) is 0 Å². The molecular weight excluding hydrogens is 557 g/mol. The Morgan fingerprint density at radius 1 is 1.21 bits per heavy atom. The van der Waals surface area contributed by atoms with Gasteiger partial charge in [0.15, 0.2) is 15.1 Å². The number of hydrogen-bond donors (Lipinski definition) is 1. The van der Waals surface area contributed by atoms with Crippen LogP contribution in [0.1, 0.15) is 36.9 Å². The third-order valence-corrected chi connectivity index (χ3v) is 8.40. The molecule has 1 aliphatic rings. The Labute approximate surface area is 235 Å². The van der Waals surface area contributed by atoms with Gasteiger partial charge in [-0.15, -0.1) is 11.8 Å². The number of H-pyrrole nitrogens is 1. The van der Waals surface area contributed by atoms with E-state index in [1.165, 1.54) is 29.2 Å². The molecule has 39 heavy (non-hydrogen) atoms. The molecule has 4 heterocycles. The van der Waals surface area contributed by atoms with Crippen molar-refractivity contribution in [1.82, 2.24) is 14.5 Å². The number of nitrogens with one attached hydrogen (secondary N) is 1. The Balaban J connectivity index is 1.57. The van der Waals surface area contributed by atoms with E-state index in [1.54, 1.807) is 55.3 Å². The summed E-state index contributed by atoms with van der Waals surface area (Å²) in [6.07, 6.45) is 3.64. The minimum Gasteiger partial charge on any atom is -0.463 e. The van der Waals surface area contributed by atoms with Gasteiger partial charge in [-0.25, -0.2) is 14.8 Å². The SMILES string of the molecule is CCOC(=O)C1=C(C)N=c2s/c(=C/c3ccc(Sc4nc(C)cc(=O)[nH]4)o3)c(=O)n2[C@@H]1c1ccc(SC)cc1. The Bertz CT molecular complexity index is 1830. The van der Waals surface area contributed by atoms with Crippen molar-refractivity contribution in [2.45, 2.75) is 42.0 Å². The number of ether oxygens (including phenoxy) is 1. The number of esters is 1. The van der Waals surface area contributed by atoms with E-state index in [2.05, 4.69) is 15.0 Å². The van der Waals surface area contributed by atoms with Gasteiger partial charge in [-0.3, -0.25) is 14.2 Å². The molecule has 0 amide bonds. The van der Waals surface area contributed by atoms with E-state index in [0.717, 1.165) is 10.5 Å². The third kappa shape index (κ3) is 5.58. The van der Waals surface area contributed by atoms with E-state index in [4.69, 9.17) is 9.15 Å². The predicted molar refractivity (Wildman–Crippen MR) is 151 cm³/mol. The molecule has 0 radical (unpaired) electrons. The summed E-state index contributed by atoms with van der Waals surface area (Å²) in [5, 5.41) is 0.921. The fraction of sp³-hybridized carbons (Fsp3) is 0.222. The van der Waals surface area contributed by atoms with Crippen molar-refractivity contribution < 1.29 is 13.9 Å². The number of hydrogen-bond acceptors (Lipinski definition) is 10. The number of carbonyl (C=O) groups is 1. The summed E-state index contributed by atoms with van der Waals surface area (Å²) in [5.41, 5.74) is 1.70. The van der Waals surface area contributed by atoms with E-state index in [0.29, 0.717) is 42.3 Å². The number of benzene rings is 1. The van der Waals surface area contributed by atoms with Gasteiger partial charge in [-0.05, 0) is 68.6 Å². The lowest BCUT2D eigenvalue weighted by Gasteiger charge is -2.24. The van der Waals surface area contributed by atoms with Crippen LogP contribution < -0.4 is 20.5 Å². The Morgan fingerprint density at radius 2 is 1.97 bits per heavy atom. The summed E-state index contributed by atoms with van der Waals surface area (Å²) in [6.45, 7) is 5.45. The van der Waals surface area contributed by atoms with Crippen molar-refractivity contribution in [2.24, 2.45) is 4.99 Å². The summed E-state index contributed by atoms with van der Waals surface area (Å²) < 4.78 is 13.2. The summed E-state index contributed by atoms with van der Waals surface area (Å²) in [6, 6.07) is 12.0. The first-order chi connectivity index (χ1) is 18.8. The molecule has 1 aromatic carbocycles. The third-order valence-electron chi connectivity index (χ3n) is 5.87. The van der Waals surface area contributed by atoms with Crippen LogP contribution in [-0.4, -0.2) is 33.4 Å². The Morgan fingerprint density at radius 3 is 2.67 bits per heavy atom. The van der Waals surface area contributed by atoms with Crippen molar-refractivity contribution in [1.29, 1.82) is 0 Å². The molecule has 1 N–H and O–H groups in total. The zero-order valence-electron chi connectivity index (χ0n) is 21.5. The van der Waals surface area contributed by atoms with E-state index in [1.807, 2.05) is 30.5 Å². The van der Waals surface area contributed by atoms with Gasteiger partial charge in [0.05, 0.1) is 28.5 Å². The van der Waals surface area contributed by atoms with Crippen LogP contribution in [0.15, 0.2) is 87.9 Å². The van der Waals surface area contributed by atoms with Crippen LogP contribution in [0.25, 0.3) is 6.08 Å². The molecule has 0 aliphatic carbocycles. The van der Waals surface area contributed by atoms with E-state index in [9.17, 15) is 14.4 Å². The molecular formula is C27H24N4O5S3. The second kappa shape index (κ2) is 11.2. The highest BCUT2D eigenvalue weighted by molar-refractivity contribution is 7.99. The number of carbonyl (C=O) groups excluding carboxylic acids is 1. The van der Waals surface area contributed by atoms with Gasteiger partial charge in [0.1, 0.15) is 5.76 Å². The minimum absolute atomic E-state index is 0.211. The first-order valence-corrected chi connectivity index (χ1v) is 14.8. The lowest BCUT2D eigenvalue weighted by atomic mass is 9.96. The van der Waals surface area contributed by atoms with Gasteiger partial charge in [-0.2, -0.15) is 0 Å². The predicted octanol–water partition coefficient (Wildman–Crippen LogP) is 3.66. The lowest BCUT2D eigenvalue weighted by Crippen LogP contribution is -2.39. The summed E-state index contributed by atoms with van der Waals surface area (Å²) >= 11 is 4.01. The number of fused-ring (bicyclic) bond motifs is 1. The van der Waals surface area contributed by atoms with Gasteiger partial charge in [0, 0.05) is 22.7 Å². The monoisotopic (exact) mass is 580 g/mol. The maximum Gasteiger partial charge on any atom is 0.338 e. The number of rotatable bonds is 7. The molecule has 200 valence electrons. The second-order valence-electron chi connectivity index (χ2n) is 8.53. The zero-order chi connectivity index (χ0) is 27.7. The highest BCUT2D eigenvalue weighted by Crippen LogP contribution is 2.32. The largest absolute Gasteiger partial charge is 0.463 e. The molecule has 9 nitrogen and oxygen atoms in total. The molecule has 4 aromatic rings. The summed E-state index contributed by atoms with van der Waals surface area (Å²) in [4.78, 5) is 51.6. The Hall–Kier alpha value is -3.61. The van der Waals surface area contributed by atoms with E-state index in [-0.39, 0.29) is 17.7 Å². The van der Waals surface area contributed by atoms with E-state index >= 15 is 0 Å². The van der Waals surface area contributed by atoms with Crippen molar-refractivity contribution in [3.63, 3.8) is 0 Å². The maximum atomic E-state index is 13.7. The molecule has 0 saturated heterocycles. The molecule has 0 unspecified atom stereocenters. The quantitative estimate of drug-likeness (QED) is 0.200. The normalized spacial score (nSPS) is 15.3. The van der Waals surface area contributed by atoms with Crippen molar-refractivity contribution in [3.8, 4) is 0 Å². The van der Waals surface area contributed by atoms with Crippen LogP contribution in [0, 0.1) is 6.92 Å². The van der Waals surface area contributed by atoms with Gasteiger partial charge in [0.25, 0.3) is 11.1 Å². The standard InChI is InChI=1S/C27H24N4O5S3/c1-5-35-25(34)22-15(3)29-27-31(23(22)16-6-9-18(37-4)10-7-16)24(33)19(38-27)13-17-8-11-21(36-17)39-26-28-14(2)12-20(32)30-26/h6-13,23H,5H2,1-4H3,(H,28,30,32)/b19-13+/t23-/m1/s1. The van der Waals surface area contributed by atoms with Gasteiger partial charge < -0.3 is 14.1 Å². The molecule has 1 atom stereocenters. The number of thioether (sulfide) groups is 1. The molecule has 1 aliphatic heterocycles. The second-order valence-corrected chi connectivity index (χ2v) is 11.4. The van der Waals surface area contributed by atoms with E-state index < -0.39 is 12.0 Å². The average Bonchev–Trinajstić information content (AvgIpc) is 3.46. The summed E-state index contributed by atoms with van der Waals surface area (Å²) in [7, 11) is 0.